The van der Waals surface area contributed by atoms with Gasteiger partial charge in [-0.25, -0.2) is 4.39 Å². The van der Waals surface area contributed by atoms with Gasteiger partial charge in [0.2, 0.25) is 0 Å². The van der Waals surface area contributed by atoms with E-state index in [9.17, 15) is 4.39 Å². The second-order valence-corrected chi connectivity index (χ2v) is 6.60. The van der Waals surface area contributed by atoms with E-state index in [4.69, 9.17) is 0 Å². The lowest BCUT2D eigenvalue weighted by atomic mass is 10.4. The van der Waals surface area contributed by atoms with Crippen LogP contribution in [0.4, 0.5) is 4.39 Å². The van der Waals surface area contributed by atoms with Gasteiger partial charge in [0, 0.05) is 0 Å². The first-order chi connectivity index (χ1) is 8.83. The van der Waals surface area contributed by atoms with E-state index in [-0.39, 0.29) is 0 Å². The van der Waals surface area contributed by atoms with E-state index < -0.39 is 13.8 Å². The topological polar surface area (TPSA) is 0 Å². The Bertz CT molecular complexity index is 416. The number of hydrogen-bond donors (Lipinski definition) is 0. The van der Waals surface area contributed by atoms with Crippen LogP contribution in [0.5, 0.6) is 0 Å². The number of halogens is 1. The van der Waals surface area contributed by atoms with Crippen LogP contribution in [0.3, 0.4) is 0 Å². The van der Waals surface area contributed by atoms with Gasteiger partial charge in [-0.05, 0) is 25.0 Å². The Hall–Kier alpha value is -1.20. The summed E-state index contributed by atoms with van der Waals surface area (Å²) >= 11 is 0. The number of hydrogen-bond acceptors (Lipinski definition) is 0. The average molecular weight is 260 g/mol. The lowest BCUT2D eigenvalue weighted by molar-refractivity contribution is 0.421. The van der Waals surface area contributed by atoms with Crippen molar-refractivity contribution in [3.05, 3.63) is 60.7 Å². The largest absolute Gasteiger partial charge is 0.242 e. The third kappa shape index (κ3) is 3.17. The molecule has 0 fully saturated rings. The maximum absolute atomic E-state index is 14.5. The first-order valence-electron chi connectivity index (χ1n) is 6.36. The van der Waals surface area contributed by atoms with Gasteiger partial charge < -0.3 is 0 Å². The minimum absolute atomic E-state index is 0.634. The fraction of sp³-hybridized carbons (Fsp3) is 0.250. The van der Waals surface area contributed by atoms with Gasteiger partial charge in [0.1, 0.15) is 5.91 Å². The monoisotopic (exact) mass is 260 g/mol. The molecule has 0 radical (unpaired) electrons. The molecule has 1 atom stereocenters. The molecule has 0 aliphatic carbocycles. The van der Waals surface area contributed by atoms with E-state index >= 15 is 0 Å². The summed E-state index contributed by atoms with van der Waals surface area (Å²) in [4.78, 5) is 0. The van der Waals surface area contributed by atoms with E-state index in [0.29, 0.717) is 6.42 Å². The van der Waals surface area contributed by atoms with Crippen LogP contribution in [0.15, 0.2) is 60.7 Å². The Morgan fingerprint density at radius 3 is 1.72 bits per heavy atom. The summed E-state index contributed by atoms with van der Waals surface area (Å²) < 4.78 is 14.5. The smallest absolute Gasteiger partial charge is 0.127 e. The SMILES string of the molecule is CCCC(F)P(c1ccccc1)c1ccccc1. The van der Waals surface area contributed by atoms with Crippen LogP contribution in [0.1, 0.15) is 19.8 Å². The predicted molar refractivity (Wildman–Crippen MR) is 78.9 cm³/mol. The van der Waals surface area contributed by atoms with Crippen molar-refractivity contribution in [2.45, 2.75) is 25.7 Å². The summed E-state index contributed by atoms with van der Waals surface area (Å²) in [6.07, 6.45) is 1.52. The maximum Gasteiger partial charge on any atom is 0.127 e. The molecule has 0 bridgehead atoms. The zero-order chi connectivity index (χ0) is 12.8. The standard InChI is InChI=1S/C16H18FP/c1-2-9-16(17)18(14-10-5-3-6-11-14)15-12-7-4-8-13-15/h3-8,10-13,16H,2,9H2,1H3. The highest BCUT2D eigenvalue weighted by Gasteiger charge is 2.23. The van der Waals surface area contributed by atoms with Crippen molar-refractivity contribution in [2.24, 2.45) is 0 Å². The fourth-order valence-corrected chi connectivity index (χ4v) is 4.47. The lowest BCUT2D eigenvalue weighted by Crippen LogP contribution is -2.18. The van der Waals surface area contributed by atoms with Crippen LogP contribution < -0.4 is 10.6 Å². The van der Waals surface area contributed by atoms with Crippen molar-refractivity contribution < 1.29 is 4.39 Å². The molecule has 2 heteroatoms. The Morgan fingerprint density at radius 2 is 1.33 bits per heavy atom. The van der Waals surface area contributed by atoms with Gasteiger partial charge in [-0.15, -0.1) is 0 Å². The quantitative estimate of drug-likeness (QED) is 0.706. The van der Waals surface area contributed by atoms with E-state index in [1.54, 1.807) is 0 Å². The van der Waals surface area contributed by atoms with Crippen LogP contribution in [0, 0.1) is 0 Å². The molecule has 0 N–H and O–H groups in total. The van der Waals surface area contributed by atoms with Gasteiger partial charge in [-0.2, -0.15) is 0 Å². The molecule has 0 aliphatic rings. The highest BCUT2D eigenvalue weighted by atomic mass is 31.1. The molecule has 0 heterocycles. The van der Waals surface area contributed by atoms with Gasteiger partial charge in [0.25, 0.3) is 0 Å². The number of rotatable bonds is 5. The summed E-state index contributed by atoms with van der Waals surface area (Å²) in [5.41, 5.74) is 0. The third-order valence-corrected chi connectivity index (χ3v) is 5.40. The Kier molecular flexibility index (Phi) is 4.90. The number of benzene rings is 2. The minimum Gasteiger partial charge on any atom is -0.242 e. The zero-order valence-corrected chi connectivity index (χ0v) is 11.5. The molecule has 0 aromatic heterocycles. The molecule has 1 unspecified atom stereocenters. The molecule has 0 nitrogen and oxygen atoms in total. The highest BCUT2D eigenvalue weighted by molar-refractivity contribution is 7.73. The second kappa shape index (κ2) is 6.66. The number of alkyl halides is 1. The maximum atomic E-state index is 14.5. The molecule has 2 aromatic rings. The zero-order valence-electron chi connectivity index (χ0n) is 10.6. The molecule has 2 aromatic carbocycles. The Morgan fingerprint density at radius 1 is 0.889 bits per heavy atom. The molecule has 0 aliphatic heterocycles. The lowest BCUT2D eigenvalue weighted by Gasteiger charge is -2.22. The molecule has 0 saturated heterocycles. The van der Waals surface area contributed by atoms with Gasteiger partial charge >= 0.3 is 0 Å². The molecule has 94 valence electrons. The van der Waals surface area contributed by atoms with Crippen LogP contribution >= 0.6 is 7.92 Å². The van der Waals surface area contributed by atoms with E-state index in [1.165, 1.54) is 0 Å². The van der Waals surface area contributed by atoms with Crippen molar-refractivity contribution in [3.63, 3.8) is 0 Å². The molecular weight excluding hydrogens is 242 g/mol. The predicted octanol–water partition coefficient (Wildman–Crippen LogP) is 4.22. The Labute approximate surface area is 110 Å². The van der Waals surface area contributed by atoms with Crippen LogP contribution in [-0.2, 0) is 0 Å². The van der Waals surface area contributed by atoms with Crippen LogP contribution in [-0.4, -0.2) is 5.91 Å². The summed E-state index contributed by atoms with van der Waals surface area (Å²) in [5.74, 6) is -0.755. The van der Waals surface area contributed by atoms with Gasteiger partial charge in [-0.1, -0.05) is 74.0 Å². The molecule has 0 saturated carbocycles. The van der Waals surface area contributed by atoms with Gasteiger partial charge in [-0.3, -0.25) is 0 Å². The highest BCUT2D eigenvalue weighted by Crippen LogP contribution is 2.42. The van der Waals surface area contributed by atoms with Crippen LogP contribution in [0.25, 0.3) is 0 Å². The van der Waals surface area contributed by atoms with Crippen molar-refractivity contribution in [2.75, 3.05) is 0 Å². The third-order valence-electron chi connectivity index (χ3n) is 2.88. The van der Waals surface area contributed by atoms with Crippen LogP contribution in [0.2, 0.25) is 0 Å². The second-order valence-electron chi connectivity index (χ2n) is 4.26. The summed E-state index contributed by atoms with van der Waals surface area (Å²) in [6, 6.07) is 20.1. The molecule has 18 heavy (non-hydrogen) atoms. The summed E-state index contributed by atoms with van der Waals surface area (Å²) in [7, 11) is -0.885. The summed E-state index contributed by atoms with van der Waals surface area (Å²) in [5, 5.41) is 2.25. The van der Waals surface area contributed by atoms with Crippen molar-refractivity contribution in [1.82, 2.24) is 0 Å². The van der Waals surface area contributed by atoms with E-state index in [2.05, 4.69) is 0 Å². The van der Waals surface area contributed by atoms with Gasteiger partial charge in [0.15, 0.2) is 0 Å². The van der Waals surface area contributed by atoms with E-state index in [0.717, 1.165) is 17.0 Å². The molecule has 0 amide bonds. The fourth-order valence-electron chi connectivity index (χ4n) is 2.02. The average Bonchev–Trinajstić information content (AvgIpc) is 2.42. The van der Waals surface area contributed by atoms with E-state index in [1.807, 2.05) is 67.6 Å². The first kappa shape index (κ1) is 13.2. The van der Waals surface area contributed by atoms with Gasteiger partial charge in [0.05, 0.1) is 0 Å². The first-order valence-corrected chi connectivity index (χ1v) is 7.77. The minimum atomic E-state index is -0.885. The summed E-state index contributed by atoms with van der Waals surface area (Å²) in [6.45, 7) is 2.04. The molecule has 0 spiro atoms. The normalized spacial score (nSPS) is 12.6. The van der Waals surface area contributed by atoms with Crippen molar-refractivity contribution in [1.29, 1.82) is 0 Å². The van der Waals surface area contributed by atoms with Crippen molar-refractivity contribution >= 4 is 18.5 Å². The van der Waals surface area contributed by atoms with Crippen molar-refractivity contribution in [3.8, 4) is 0 Å². The molecule has 2 rings (SSSR count). The molecular formula is C16H18FP. The Balaban J connectivity index is 2.35.